The molecule has 1 aromatic heterocycles. The van der Waals surface area contributed by atoms with Crippen LogP contribution in [-0.2, 0) is 17.6 Å². The molecule has 0 bridgehead atoms. The van der Waals surface area contributed by atoms with Gasteiger partial charge in [-0.05, 0) is 29.3 Å². The van der Waals surface area contributed by atoms with Gasteiger partial charge in [-0.3, -0.25) is 0 Å². The van der Waals surface area contributed by atoms with E-state index in [-0.39, 0.29) is 6.10 Å². The van der Waals surface area contributed by atoms with Gasteiger partial charge >= 0.3 is 6.09 Å². The molecule has 4 nitrogen and oxygen atoms in total. The Labute approximate surface area is 92.0 Å². The summed E-state index contributed by atoms with van der Waals surface area (Å²) in [6.07, 6.45) is 2.30. The van der Waals surface area contributed by atoms with Crippen LogP contribution in [0.5, 0.6) is 0 Å². The predicted octanol–water partition coefficient (Wildman–Crippen LogP) is 2.00. The van der Waals surface area contributed by atoms with Crippen LogP contribution in [0.15, 0.2) is 28.9 Å². The molecule has 2 N–H and O–H groups in total. The summed E-state index contributed by atoms with van der Waals surface area (Å²) in [4.78, 5) is 10.7. The Hall–Kier alpha value is -1.97. The molecule has 1 aromatic carbocycles. The van der Waals surface area contributed by atoms with Crippen molar-refractivity contribution in [1.29, 1.82) is 0 Å². The van der Waals surface area contributed by atoms with E-state index in [1.807, 2.05) is 12.1 Å². The highest BCUT2D eigenvalue weighted by molar-refractivity contribution is 5.79. The van der Waals surface area contributed by atoms with E-state index >= 15 is 0 Å². The minimum atomic E-state index is -0.707. The molecule has 1 atom stereocenters. The van der Waals surface area contributed by atoms with Gasteiger partial charge in [-0.15, -0.1) is 0 Å². The highest BCUT2D eigenvalue weighted by Gasteiger charge is 2.24. The molecular formula is C12H11NO3. The standard InChI is InChI=1S/C12H11NO3/c13-12(14)16-10-4-8-3-7-1-2-15-11(7)6-9(8)5-10/h1-3,6,10H,4-5H2,(H2,13,14). The van der Waals surface area contributed by atoms with Crippen molar-refractivity contribution in [3.05, 3.63) is 35.6 Å². The van der Waals surface area contributed by atoms with E-state index in [9.17, 15) is 4.79 Å². The van der Waals surface area contributed by atoms with E-state index < -0.39 is 6.09 Å². The van der Waals surface area contributed by atoms with Gasteiger partial charge in [0.25, 0.3) is 0 Å². The number of amides is 1. The van der Waals surface area contributed by atoms with Gasteiger partial charge in [0.05, 0.1) is 6.26 Å². The highest BCUT2D eigenvalue weighted by Crippen LogP contribution is 2.29. The number of hydrogen-bond donors (Lipinski definition) is 1. The molecule has 0 aliphatic heterocycles. The van der Waals surface area contributed by atoms with Crippen LogP contribution in [0.2, 0.25) is 0 Å². The first-order valence-electron chi connectivity index (χ1n) is 5.17. The molecule has 0 spiro atoms. The number of ether oxygens (including phenoxy) is 1. The molecule has 16 heavy (non-hydrogen) atoms. The van der Waals surface area contributed by atoms with Crippen molar-refractivity contribution in [3.63, 3.8) is 0 Å². The van der Waals surface area contributed by atoms with Crippen LogP contribution in [0.25, 0.3) is 11.0 Å². The number of carbonyl (C=O) groups excluding carboxylic acids is 1. The molecule has 1 aliphatic carbocycles. The molecule has 82 valence electrons. The molecule has 1 unspecified atom stereocenters. The lowest BCUT2D eigenvalue weighted by molar-refractivity contribution is 0.112. The fraction of sp³-hybridized carbons (Fsp3) is 0.250. The molecule has 4 heteroatoms. The van der Waals surface area contributed by atoms with Crippen LogP contribution in [0, 0.1) is 0 Å². The fourth-order valence-corrected chi connectivity index (χ4v) is 2.29. The van der Waals surface area contributed by atoms with Crippen LogP contribution < -0.4 is 5.73 Å². The summed E-state index contributed by atoms with van der Waals surface area (Å²) >= 11 is 0. The van der Waals surface area contributed by atoms with E-state index in [0.717, 1.165) is 23.8 Å². The second-order valence-corrected chi connectivity index (χ2v) is 4.05. The Kier molecular flexibility index (Phi) is 1.89. The molecule has 1 heterocycles. The van der Waals surface area contributed by atoms with Gasteiger partial charge in [-0.2, -0.15) is 0 Å². The Morgan fingerprint density at radius 1 is 1.38 bits per heavy atom. The van der Waals surface area contributed by atoms with Crippen LogP contribution >= 0.6 is 0 Å². The van der Waals surface area contributed by atoms with Crippen molar-refractivity contribution in [3.8, 4) is 0 Å². The van der Waals surface area contributed by atoms with Gasteiger partial charge in [-0.1, -0.05) is 0 Å². The monoisotopic (exact) mass is 217 g/mol. The van der Waals surface area contributed by atoms with Gasteiger partial charge in [-0.25, -0.2) is 4.79 Å². The number of primary amides is 1. The summed E-state index contributed by atoms with van der Waals surface area (Å²) in [5.41, 5.74) is 8.26. The lowest BCUT2D eigenvalue weighted by Gasteiger charge is -2.07. The minimum absolute atomic E-state index is 0.126. The first-order valence-corrected chi connectivity index (χ1v) is 5.17. The van der Waals surface area contributed by atoms with E-state index in [2.05, 4.69) is 6.07 Å². The lowest BCUT2D eigenvalue weighted by atomic mass is 10.1. The molecule has 0 saturated carbocycles. The Bertz CT molecular complexity index is 518. The first-order chi connectivity index (χ1) is 7.72. The van der Waals surface area contributed by atoms with Crippen molar-refractivity contribution in [2.75, 3.05) is 0 Å². The normalized spacial score (nSPS) is 18.6. The van der Waals surface area contributed by atoms with Crippen molar-refractivity contribution in [2.45, 2.75) is 18.9 Å². The zero-order chi connectivity index (χ0) is 11.1. The number of benzene rings is 1. The summed E-state index contributed by atoms with van der Waals surface area (Å²) in [6, 6.07) is 6.02. The Morgan fingerprint density at radius 2 is 2.12 bits per heavy atom. The van der Waals surface area contributed by atoms with Gasteiger partial charge in [0, 0.05) is 18.2 Å². The van der Waals surface area contributed by atoms with Gasteiger partial charge in [0.2, 0.25) is 0 Å². The smallest absolute Gasteiger partial charge is 0.404 e. The molecule has 0 radical (unpaired) electrons. The summed E-state index contributed by atoms with van der Waals surface area (Å²) in [5.74, 6) is 0. The van der Waals surface area contributed by atoms with Crippen LogP contribution in [0.3, 0.4) is 0 Å². The van der Waals surface area contributed by atoms with Crippen molar-refractivity contribution >= 4 is 17.1 Å². The van der Waals surface area contributed by atoms with Gasteiger partial charge < -0.3 is 14.9 Å². The zero-order valence-electron chi connectivity index (χ0n) is 8.60. The van der Waals surface area contributed by atoms with Crippen molar-refractivity contribution in [1.82, 2.24) is 0 Å². The molecule has 0 fully saturated rings. The first kappa shape index (κ1) is 9.27. The quantitative estimate of drug-likeness (QED) is 0.794. The van der Waals surface area contributed by atoms with Crippen molar-refractivity contribution in [2.24, 2.45) is 5.73 Å². The maximum absolute atomic E-state index is 10.7. The molecule has 1 amide bonds. The number of hydrogen-bond acceptors (Lipinski definition) is 3. The van der Waals surface area contributed by atoms with Crippen molar-refractivity contribution < 1.29 is 13.9 Å². The third kappa shape index (κ3) is 1.43. The third-order valence-electron chi connectivity index (χ3n) is 2.95. The molecule has 2 aromatic rings. The van der Waals surface area contributed by atoms with Gasteiger partial charge in [0.1, 0.15) is 11.7 Å². The van der Waals surface area contributed by atoms with Crippen LogP contribution in [-0.4, -0.2) is 12.2 Å². The Morgan fingerprint density at radius 3 is 2.88 bits per heavy atom. The van der Waals surface area contributed by atoms with Crippen LogP contribution in [0.4, 0.5) is 4.79 Å². The highest BCUT2D eigenvalue weighted by atomic mass is 16.6. The number of rotatable bonds is 1. The maximum Gasteiger partial charge on any atom is 0.404 e. The molecule has 1 aliphatic rings. The average Bonchev–Trinajstić information content (AvgIpc) is 2.76. The van der Waals surface area contributed by atoms with Gasteiger partial charge in [0.15, 0.2) is 0 Å². The maximum atomic E-state index is 10.7. The summed E-state index contributed by atoms with van der Waals surface area (Å²) < 4.78 is 10.3. The second kappa shape index (κ2) is 3.27. The van der Waals surface area contributed by atoms with Crippen LogP contribution in [0.1, 0.15) is 11.1 Å². The Balaban J connectivity index is 1.94. The van der Waals surface area contributed by atoms with E-state index in [1.165, 1.54) is 11.1 Å². The molecular weight excluding hydrogens is 206 g/mol. The van der Waals surface area contributed by atoms with E-state index in [4.69, 9.17) is 14.9 Å². The number of fused-ring (bicyclic) bond motifs is 2. The molecule has 0 saturated heterocycles. The second-order valence-electron chi connectivity index (χ2n) is 4.05. The number of nitrogens with two attached hydrogens (primary N) is 1. The predicted molar refractivity (Wildman–Crippen MR) is 58.1 cm³/mol. The summed E-state index contributed by atoms with van der Waals surface area (Å²) in [6.45, 7) is 0. The van der Waals surface area contributed by atoms with E-state index in [1.54, 1.807) is 6.26 Å². The van der Waals surface area contributed by atoms with E-state index in [0.29, 0.717) is 0 Å². The number of furan rings is 1. The summed E-state index contributed by atoms with van der Waals surface area (Å²) in [7, 11) is 0. The average molecular weight is 217 g/mol. The fourth-order valence-electron chi connectivity index (χ4n) is 2.29. The largest absolute Gasteiger partial charge is 0.464 e. The number of carbonyl (C=O) groups is 1. The zero-order valence-corrected chi connectivity index (χ0v) is 8.60. The minimum Gasteiger partial charge on any atom is -0.464 e. The summed E-state index contributed by atoms with van der Waals surface area (Å²) in [5, 5.41) is 1.08. The SMILES string of the molecule is NC(=O)OC1Cc2cc3ccoc3cc2C1. The lowest BCUT2D eigenvalue weighted by Crippen LogP contribution is -2.22. The third-order valence-corrected chi connectivity index (χ3v) is 2.95. The molecule has 3 rings (SSSR count). The topological polar surface area (TPSA) is 65.5 Å².